The lowest BCUT2D eigenvalue weighted by atomic mass is 10.1. The van der Waals surface area contributed by atoms with Gasteiger partial charge in [0.25, 0.3) is 5.56 Å². The van der Waals surface area contributed by atoms with Gasteiger partial charge in [0.1, 0.15) is 11.3 Å². The number of methoxy groups -OCH3 is 1. The van der Waals surface area contributed by atoms with Crippen LogP contribution in [-0.2, 0) is 9.53 Å². The van der Waals surface area contributed by atoms with Gasteiger partial charge in [0, 0.05) is 13.7 Å². The number of carbonyl (C=O) groups is 1. The third kappa shape index (κ3) is 4.18. The van der Waals surface area contributed by atoms with E-state index in [2.05, 4.69) is 15.5 Å². The average molecular weight is 415 g/mol. The lowest BCUT2D eigenvalue weighted by Crippen LogP contribution is -2.31. The van der Waals surface area contributed by atoms with Crippen molar-refractivity contribution in [3.8, 4) is 11.3 Å². The number of rotatable bonds is 9. The van der Waals surface area contributed by atoms with Crippen molar-refractivity contribution in [1.29, 1.82) is 0 Å². The maximum atomic E-state index is 13.2. The number of hydrogen-bond acceptors (Lipinski definition) is 8. The van der Waals surface area contributed by atoms with E-state index in [1.54, 1.807) is 23.8 Å². The summed E-state index contributed by atoms with van der Waals surface area (Å²) in [5.74, 6) is -0.234. The summed E-state index contributed by atoms with van der Waals surface area (Å²) in [5, 5.41) is 15.7. The van der Waals surface area contributed by atoms with Crippen LogP contribution in [0.1, 0.15) is 37.3 Å². The highest BCUT2D eigenvalue weighted by atomic mass is 16.5. The molecule has 0 saturated carbocycles. The van der Waals surface area contributed by atoms with Gasteiger partial charge in [-0.2, -0.15) is 0 Å². The molecule has 3 heterocycles. The Bertz CT molecular complexity index is 1100. The molecule has 30 heavy (non-hydrogen) atoms. The molecule has 0 amide bonds. The molecule has 0 spiro atoms. The topological polar surface area (TPSA) is 132 Å². The lowest BCUT2D eigenvalue weighted by Gasteiger charge is -2.20. The van der Waals surface area contributed by atoms with Gasteiger partial charge >= 0.3 is 5.97 Å². The van der Waals surface area contributed by atoms with E-state index in [9.17, 15) is 9.59 Å². The molecule has 0 aliphatic carbocycles. The fourth-order valence-corrected chi connectivity index (χ4v) is 3.38. The number of pyridine rings is 1. The number of hydrogen-bond donors (Lipinski definition) is 2. The monoisotopic (exact) mass is 415 g/mol. The zero-order valence-corrected chi connectivity index (χ0v) is 17.4. The van der Waals surface area contributed by atoms with Crippen LogP contribution in [0, 0.1) is 13.8 Å². The lowest BCUT2D eigenvalue weighted by molar-refractivity contribution is -0.136. The fraction of sp³-hybridized carbons (Fsp3) is 0.450. The van der Waals surface area contributed by atoms with Gasteiger partial charge in [-0.15, -0.1) is 0 Å². The van der Waals surface area contributed by atoms with E-state index in [0.29, 0.717) is 41.3 Å². The highest BCUT2D eigenvalue weighted by Gasteiger charge is 2.21. The molecular weight excluding hydrogens is 390 g/mol. The smallest absolute Gasteiger partial charge is 0.305 e. The van der Waals surface area contributed by atoms with Crippen LogP contribution in [0.25, 0.3) is 22.4 Å². The molecule has 10 nitrogen and oxygen atoms in total. The van der Waals surface area contributed by atoms with Crippen LogP contribution in [0.4, 0.5) is 5.82 Å². The van der Waals surface area contributed by atoms with Crippen LogP contribution >= 0.6 is 0 Å². The van der Waals surface area contributed by atoms with E-state index in [-0.39, 0.29) is 30.4 Å². The molecule has 0 unspecified atom stereocenters. The van der Waals surface area contributed by atoms with Crippen LogP contribution in [0.3, 0.4) is 0 Å². The number of nitrogens with zero attached hydrogens (tertiary/aromatic N) is 4. The molecule has 0 fully saturated rings. The summed E-state index contributed by atoms with van der Waals surface area (Å²) in [6, 6.07) is 3.32. The number of carboxylic acid groups (broad SMARTS) is 1. The van der Waals surface area contributed by atoms with Crippen molar-refractivity contribution in [2.24, 2.45) is 0 Å². The molecule has 3 rings (SSSR count). The Balaban J connectivity index is 2.20. The van der Waals surface area contributed by atoms with E-state index in [1.807, 2.05) is 20.8 Å². The molecule has 0 bridgehead atoms. The van der Waals surface area contributed by atoms with Gasteiger partial charge in [-0.25, -0.2) is 9.97 Å². The first kappa shape index (κ1) is 21.4. The number of aliphatic carboxylic acids is 1. The number of anilines is 1. The van der Waals surface area contributed by atoms with Gasteiger partial charge in [-0.3, -0.25) is 14.2 Å². The largest absolute Gasteiger partial charge is 0.481 e. The number of ether oxygens (including phenoxy) is 1. The minimum Gasteiger partial charge on any atom is -0.481 e. The van der Waals surface area contributed by atoms with Crippen molar-refractivity contribution in [2.45, 2.75) is 39.7 Å². The molecule has 3 aromatic heterocycles. The summed E-state index contributed by atoms with van der Waals surface area (Å²) in [6.45, 7) is 6.01. The predicted octanol–water partition coefficient (Wildman–Crippen LogP) is 2.55. The van der Waals surface area contributed by atoms with Crippen molar-refractivity contribution in [2.75, 3.05) is 25.6 Å². The van der Waals surface area contributed by atoms with Crippen molar-refractivity contribution < 1.29 is 19.2 Å². The Kier molecular flexibility index (Phi) is 6.46. The highest BCUT2D eigenvalue weighted by molar-refractivity contribution is 5.77. The Morgan fingerprint density at radius 1 is 1.33 bits per heavy atom. The summed E-state index contributed by atoms with van der Waals surface area (Å²) in [7, 11) is 1.58. The summed E-state index contributed by atoms with van der Waals surface area (Å²) < 4.78 is 12.1. The van der Waals surface area contributed by atoms with Gasteiger partial charge < -0.3 is 19.7 Å². The zero-order valence-electron chi connectivity index (χ0n) is 17.4. The number of aryl methyl sites for hydroxylation is 2. The first-order valence-corrected chi connectivity index (χ1v) is 9.68. The molecule has 160 valence electrons. The van der Waals surface area contributed by atoms with Crippen molar-refractivity contribution in [3.05, 3.63) is 33.9 Å². The first-order chi connectivity index (χ1) is 14.4. The molecule has 3 aromatic rings. The molecule has 1 atom stereocenters. The number of aromatic nitrogens is 4. The highest BCUT2D eigenvalue weighted by Crippen LogP contribution is 2.27. The molecule has 0 aromatic carbocycles. The van der Waals surface area contributed by atoms with Crippen LogP contribution in [0.2, 0.25) is 0 Å². The Hall–Kier alpha value is -3.27. The summed E-state index contributed by atoms with van der Waals surface area (Å²) in [5.41, 5.74) is 2.67. The Morgan fingerprint density at radius 3 is 2.70 bits per heavy atom. The van der Waals surface area contributed by atoms with E-state index in [0.717, 1.165) is 5.56 Å². The summed E-state index contributed by atoms with van der Waals surface area (Å²) >= 11 is 0. The molecule has 0 aliphatic heterocycles. The molecule has 10 heteroatoms. The SMILES string of the molecule is CC[C@H](COC)n1c(=O)c(NCCC(=O)O)nc2ccc(-c3c(C)noc3C)nc21. The number of carboxylic acids is 1. The third-order valence-corrected chi connectivity index (χ3v) is 4.85. The van der Waals surface area contributed by atoms with E-state index < -0.39 is 5.97 Å². The summed E-state index contributed by atoms with van der Waals surface area (Å²) in [4.78, 5) is 33.2. The van der Waals surface area contributed by atoms with Gasteiger partial charge in [0.2, 0.25) is 0 Å². The maximum Gasteiger partial charge on any atom is 0.305 e. The molecular formula is C20H25N5O5. The third-order valence-electron chi connectivity index (χ3n) is 4.85. The average Bonchev–Trinajstić information content (AvgIpc) is 3.05. The van der Waals surface area contributed by atoms with E-state index in [1.165, 1.54) is 0 Å². The fourth-order valence-electron chi connectivity index (χ4n) is 3.38. The normalized spacial score (nSPS) is 12.3. The van der Waals surface area contributed by atoms with Gasteiger partial charge in [-0.05, 0) is 32.4 Å². The van der Waals surface area contributed by atoms with Gasteiger partial charge in [0.05, 0.1) is 36.0 Å². The van der Waals surface area contributed by atoms with Crippen molar-refractivity contribution in [3.63, 3.8) is 0 Å². The molecule has 2 N–H and O–H groups in total. The second-order valence-electron chi connectivity index (χ2n) is 6.96. The molecule has 0 aliphatic rings. The molecule has 0 saturated heterocycles. The van der Waals surface area contributed by atoms with E-state index >= 15 is 0 Å². The van der Waals surface area contributed by atoms with Crippen LogP contribution in [-0.4, -0.2) is 51.0 Å². The second-order valence-corrected chi connectivity index (χ2v) is 6.96. The quantitative estimate of drug-likeness (QED) is 0.541. The van der Waals surface area contributed by atoms with Crippen molar-refractivity contribution >= 4 is 23.0 Å². The number of nitrogens with one attached hydrogen (secondary N) is 1. The van der Waals surface area contributed by atoms with Crippen LogP contribution in [0.15, 0.2) is 21.5 Å². The first-order valence-electron chi connectivity index (χ1n) is 9.68. The standard InChI is InChI=1S/C20H25N5O5/c1-5-13(10-29-4)25-19-15(22-18(20(25)28)21-9-8-16(26)27)7-6-14(23-19)17-11(2)24-30-12(17)3/h6-7,13H,5,8-10H2,1-4H3,(H,21,22)(H,26,27)/t13-/m1/s1. The zero-order chi connectivity index (χ0) is 21.8. The summed E-state index contributed by atoms with van der Waals surface area (Å²) in [6.07, 6.45) is 0.510. The van der Waals surface area contributed by atoms with Crippen LogP contribution in [0.5, 0.6) is 0 Å². The number of fused-ring (bicyclic) bond motifs is 1. The maximum absolute atomic E-state index is 13.2. The molecule has 0 radical (unpaired) electrons. The van der Waals surface area contributed by atoms with E-state index in [4.69, 9.17) is 19.4 Å². The van der Waals surface area contributed by atoms with Gasteiger partial charge in [-0.1, -0.05) is 12.1 Å². The second kappa shape index (κ2) is 9.04. The Morgan fingerprint density at radius 2 is 2.10 bits per heavy atom. The Labute approximate surface area is 172 Å². The minimum absolute atomic E-state index is 0.0881. The predicted molar refractivity (Wildman–Crippen MR) is 111 cm³/mol. The van der Waals surface area contributed by atoms with Gasteiger partial charge in [0.15, 0.2) is 11.5 Å². The minimum atomic E-state index is -0.958. The van der Waals surface area contributed by atoms with Crippen LogP contribution < -0.4 is 10.9 Å². The van der Waals surface area contributed by atoms with Crippen molar-refractivity contribution in [1.82, 2.24) is 19.7 Å².